The summed E-state index contributed by atoms with van der Waals surface area (Å²) >= 11 is 6.33. The number of quaternary nitrogens is 1. The van der Waals surface area contributed by atoms with Gasteiger partial charge in [0, 0.05) is 35.5 Å². The number of halogens is 2. The molecule has 0 N–H and O–H groups in total. The van der Waals surface area contributed by atoms with Crippen molar-refractivity contribution in [3.63, 3.8) is 0 Å². The van der Waals surface area contributed by atoms with E-state index in [4.69, 9.17) is 21.1 Å². The first-order valence-electron chi connectivity index (χ1n) is 12.4. The first-order valence-corrected chi connectivity index (χ1v) is 14.3. The summed E-state index contributed by atoms with van der Waals surface area (Å²) in [5, 5.41) is 0.434. The van der Waals surface area contributed by atoms with Crippen LogP contribution in [0.1, 0.15) is 24.4 Å². The zero-order valence-electron chi connectivity index (χ0n) is 22.0. The predicted octanol–water partition coefficient (Wildman–Crippen LogP) is 1.70. The molecule has 0 saturated carbocycles. The van der Waals surface area contributed by atoms with Gasteiger partial charge in [-0.05, 0) is 30.3 Å². The number of imidazole rings is 1. The topological polar surface area (TPSA) is 79.5 Å². The van der Waals surface area contributed by atoms with Gasteiger partial charge < -0.3 is 37.9 Å². The van der Waals surface area contributed by atoms with Crippen molar-refractivity contribution in [2.24, 2.45) is 0 Å². The molecule has 3 aromatic carbocycles. The van der Waals surface area contributed by atoms with Gasteiger partial charge in [-0.3, -0.25) is 4.57 Å². The number of likely N-dealkylation sites (tertiary alicyclic amines) is 1. The van der Waals surface area contributed by atoms with Crippen molar-refractivity contribution in [3.05, 3.63) is 87.8 Å². The van der Waals surface area contributed by atoms with Gasteiger partial charge in [-0.15, -0.1) is 0 Å². The molecule has 5 rings (SSSR count). The third kappa shape index (κ3) is 5.57. The highest BCUT2D eigenvalue weighted by Crippen LogP contribution is 2.34. The van der Waals surface area contributed by atoms with E-state index in [-0.39, 0.29) is 46.2 Å². The van der Waals surface area contributed by atoms with Crippen molar-refractivity contribution >= 4 is 32.7 Å². The van der Waals surface area contributed by atoms with E-state index in [1.54, 1.807) is 22.8 Å². The highest BCUT2D eigenvalue weighted by molar-refractivity contribution is 7.90. The van der Waals surface area contributed by atoms with E-state index >= 15 is 0 Å². The van der Waals surface area contributed by atoms with Crippen LogP contribution in [-0.4, -0.2) is 55.8 Å². The Bertz CT molecular complexity index is 1650. The first-order chi connectivity index (χ1) is 18.2. The Balaban J connectivity index is 0.00000353. The standard InChI is InChI=1S/C28H31ClN3O5S.HI/c1-32(19-20-7-5-4-6-8-20)15-13-22(14-16-32)30-25-17-21(29)9-11-24(25)31(28(30)33)38(34,35)27-12-10-23(36-2)18-26(27)37-3;/h4-12,17-18,22H,13-16,19H2,1-3H3;1H/q+1;/p-1. The van der Waals surface area contributed by atoms with E-state index in [0.717, 1.165) is 40.9 Å². The van der Waals surface area contributed by atoms with Crippen LogP contribution in [0.5, 0.6) is 11.5 Å². The van der Waals surface area contributed by atoms with E-state index in [2.05, 4.69) is 19.2 Å². The summed E-state index contributed by atoms with van der Waals surface area (Å²) in [6, 6.07) is 19.5. The lowest BCUT2D eigenvalue weighted by molar-refractivity contribution is -0.927. The van der Waals surface area contributed by atoms with Crippen molar-refractivity contribution in [2.75, 3.05) is 34.4 Å². The zero-order chi connectivity index (χ0) is 27.1. The zero-order valence-corrected chi connectivity index (χ0v) is 25.7. The summed E-state index contributed by atoms with van der Waals surface area (Å²) in [6.45, 7) is 2.62. The maximum absolute atomic E-state index is 13.9. The Morgan fingerprint density at radius 3 is 2.28 bits per heavy atom. The molecule has 1 saturated heterocycles. The number of nitrogens with zero attached hydrogens (tertiary/aromatic N) is 3. The lowest BCUT2D eigenvalue weighted by atomic mass is 10.0. The number of hydrogen-bond donors (Lipinski definition) is 0. The van der Waals surface area contributed by atoms with Crippen molar-refractivity contribution in [3.8, 4) is 11.5 Å². The average molecular weight is 684 g/mol. The monoisotopic (exact) mass is 683 g/mol. The number of fused-ring (bicyclic) bond motifs is 1. The predicted molar refractivity (Wildman–Crippen MR) is 148 cm³/mol. The van der Waals surface area contributed by atoms with Gasteiger partial charge in [-0.1, -0.05) is 41.9 Å². The second kappa shape index (κ2) is 11.5. The molecular formula is C28H31ClIN3O5S. The molecule has 2 heterocycles. The Hall–Kier alpha value is -2.54. The summed E-state index contributed by atoms with van der Waals surface area (Å²) in [7, 11) is 0.792. The fourth-order valence-electron chi connectivity index (χ4n) is 5.45. The lowest BCUT2D eigenvalue weighted by Crippen LogP contribution is -3.00. The molecular weight excluding hydrogens is 653 g/mol. The normalized spacial score (nSPS) is 19.4. The molecule has 0 amide bonds. The molecule has 8 nitrogen and oxygen atoms in total. The Kier molecular flexibility index (Phi) is 8.70. The van der Waals surface area contributed by atoms with Crippen molar-refractivity contribution in [1.29, 1.82) is 0 Å². The van der Waals surface area contributed by atoms with E-state index in [1.807, 2.05) is 18.2 Å². The lowest BCUT2D eigenvalue weighted by Gasteiger charge is -2.41. The molecule has 0 unspecified atom stereocenters. The maximum Gasteiger partial charge on any atom is 0.343 e. The number of piperidine rings is 1. The molecule has 208 valence electrons. The minimum Gasteiger partial charge on any atom is -1.00 e. The first kappa shape index (κ1) is 29.4. The molecule has 11 heteroatoms. The van der Waals surface area contributed by atoms with Gasteiger partial charge in [0.15, 0.2) is 0 Å². The molecule has 0 aliphatic carbocycles. The summed E-state index contributed by atoms with van der Waals surface area (Å²) in [5.74, 6) is 0.541. The van der Waals surface area contributed by atoms with E-state index in [0.29, 0.717) is 16.3 Å². The Labute approximate surface area is 250 Å². The number of hydrogen-bond acceptors (Lipinski definition) is 5. The highest BCUT2D eigenvalue weighted by Gasteiger charge is 2.35. The molecule has 1 fully saturated rings. The minimum atomic E-state index is -4.30. The van der Waals surface area contributed by atoms with Crippen LogP contribution in [0, 0.1) is 0 Å². The molecule has 0 bridgehead atoms. The summed E-state index contributed by atoms with van der Waals surface area (Å²) in [4.78, 5) is 13.8. The number of ether oxygens (including phenoxy) is 2. The molecule has 0 radical (unpaired) electrons. The van der Waals surface area contributed by atoms with Crippen molar-refractivity contribution < 1.29 is 46.4 Å². The summed E-state index contributed by atoms with van der Waals surface area (Å²) in [5.41, 5.74) is 1.45. The van der Waals surface area contributed by atoms with Crippen molar-refractivity contribution in [2.45, 2.75) is 30.3 Å². The summed E-state index contributed by atoms with van der Waals surface area (Å²) in [6.07, 6.45) is 1.47. The molecule has 0 spiro atoms. The van der Waals surface area contributed by atoms with Gasteiger partial charge in [0.1, 0.15) is 22.9 Å². The van der Waals surface area contributed by atoms with Crippen LogP contribution in [0.3, 0.4) is 0 Å². The number of benzene rings is 3. The third-order valence-corrected chi connectivity index (χ3v) is 9.42. The SMILES string of the molecule is COc1ccc(S(=O)(=O)n2c(=O)n(C3CC[N+](C)(Cc4ccccc4)CC3)c3cc(Cl)ccc32)c(OC)c1.[I-]. The van der Waals surface area contributed by atoms with Gasteiger partial charge in [-0.2, -0.15) is 3.97 Å². The average Bonchev–Trinajstić information content (AvgIpc) is 3.20. The van der Waals surface area contributed by atoms with Crippen LogP contribution in [0.25, 0.3) is 11.0 Å². The van der Waals surface area contributed by atoms with Crippen LogP contribution in [-0.2, 0) is 16.6 Å². The van der Waals surface area contributed by atoms with Crippen molar-refractivity contribution in [1.82, 2.24) is 8.54 Å². The smallest absolute Gasteiger partial charge is 0.343 e. The second-order valence-electron chi connectivity index (χ2n) is 10.0. The maximum atomic E-state index is 13.9. The van der Waals surface area contributed by atoms with Gasteiger partial charge in [0.2, 0.25) is 0 Å². The van der Waals surface area contributed by atoms with Crippen LogP contribution in [0.15, 0.2) is 76.4 Å². The molecule has 4 aromatic rings. The largest absolute Gasteiger partial charge is 1.00 e. The van der Waals surface area contributed by atoms with E-state index in [1.165, 1.54) is 38.0 Å². The van der Waals surface area contributed by atoms with Crippen LogP contribution < -0.4 is 39.1 Å². The quantitative estimate of drug-likeness (QED) is 0.219. The fourth-order valence-corrected chi connectivity index (χ4v) is 7.16. The summed E-state index contributed by atoms with van der Waals surface area (Å²) < 4.78 is 41.8. The van der Waals surface area contributed by atoms with Crippen LogP contribution in [0.4, 0.5) is 0 Å². The molecule has 39 heavy (non-hydrogen) atoms. The van der Waals surface area contributed by atoms with E-state index in [9.17, 15) is 13.2 Å². The van der Waals surface area contributed by atoms with Gasteiger partial charge >= 0.3 is 5.69 Å². The highest BCUT2D eigenvalue weighted by atomic mass is 127. The number of methoxy groups -OCH3 is 2. The van der Waals surface area contributed by atoms with Crippen LogP contribution in [0.2, 0.25) is 5.02 Å². The Morgan fingerprint density at radius 1 is 0.949 bits per heavy atom. The minimum absolute atomic E-state index is 0. The second-order valence-corrected chi connectivity index (χ2v) is 12.2. The van der Waals surface area contributed by atoms with Gasteiger partial charge in [0.05, 0.1) is 45.4 Å². The fraction of sp³-hybridized carbons (Fsp3) is 0.321. The molecule has 1 aliphatic heterocycles. The Morgan fingerprint density at radius 2 is 1.64 bits per heavy atom. The molecule has 1 aromatic heterocycles. The molecule has 1 aliphatic rings. The van der Waals surface area contributed by atoms with Crippen LogP contribution >= 0.6 is 11.6 Å². The number of rotatable bonds is 7. The van der Waals surface area contributed by atoms with E-state index < -0.39 is 15.7 Å². The third-order valence-electron chi connectivity index (χ3n) is 7.46. The number of aromatic nitrogens is 2. The van der Waals surface area contributed by atoms with Gasteiger partial charge in [0.25, 0.3) is 10.0 Å². The molecule has 0 atom stereocenters. The van der Waals surface area contributed by atoms with Gasteiger partial charge in [-0.25, -0.2) is 13.2 Å².